The number of fused-ring (bicyclic) bond motifs is 1. The van der Waals surface area contributed by atoms with Crippen LogP contribution in [-0.4, -0.2) is 34.7 Å². The Labute approximate surface area is 117 Å². The predicted octanol–water partition coefficient (Wildman–Crippen LogP) is 1.24. The SMILES string of the molecule is Cl.O=C(NC1CCNCC1)c1cnn2ccccc12. The number of nitrogens with zero attached hydrogens (tertiary/aromatic N) is 2. The van der Waals surface area contributed by atoms with Gasteiger partial charge in [0.1, 0.15) is 0 Å². The molecule has 2 aromatic rings. The monoisotopic (exact) mass is 280 g/mol. The van der Waals surface area contributed by atoms with Crippen molar-refractivity contribution >= 4 is 23.8 Å². The molecule has 0 bridgehead atoms. The molecule has 19 heavy (non-hydrogen) atoms. The van der Waals surface area contributed by atoms with Crippen LogP contribution in [0, 0.1) is 0 Å². The zero-order valence-electron chi connectivity index (χ0n) is 10.5. The van der Waals surface area contributed by atoms with E-state index >= 15 is 0 Å². The Bertz CT molecular complexity index is 563. The molecule has 0 radical (unpaired) electrons. The summed E-state index contributed by atoms with van der Waals surface area (Å²) in [5.41, 5.74) is 1.50. The maximum Gasteiger partial charge on any atom is 0.255 e. The third kappa shape index (κ3) is 2.88. The maximum absolute atomic E-state index is 12.2. The van der Waals surface area contributed by atoms with Gasteiger partial charge in [-0.05, 0) is 38.1 Å². The second kappa shape index (κ2) is 6.04. The van der Waals surface area contributed by atoms with Gasteiger partial charge in [-0.15, -0.1) is 12.4 Å². The first kappa shape index (κ1) is 13.8. The van der Waals surface area contributed by atoms with Crippen molar-refractivity contribution in [1.82, 2.24) is 20.2 Å². The fraction of sp³-hybridized carbons (Fsp3) is 0.385. The summed E-state index contributed by atoms with van der Waals surface area (Å²) in [5, 5.41) is 10.5. The van der Waals surface area contributed by atoms with E-state index in [0.717, 1.165) is 31.4 Å². The van der Waals surface area contributed by atoms with Crippen molar-refractivity contribution in [3.05, 3.63) is 36.2 Å². The molecule has 0 atom stereocenters. The zero-order valence-corrected chi connectivity index (χ0v) is 11.3. The molecule has 0 saturated carbocycles. The summed E-state index contributed by atoms with van der Waals surface area (Å²) < 4.78 is 1.72. The summed E-state index contributed by atoms with van der Waals surface area (Å²) in [5.74, 6) is -0.0249. The fourth-order valence-electron chi connectivity index (χ4n) is 2.34. The van der Waals surface area contributed by atoms with Crippen LogP contribution >= 0.6 is 12.4 Å². The van der Waals surface area contributed by atoms with Crippen LogP contribution in [0.4, 0.5) is 0 Å². The Morgan fingerprint density at radius 1 is 1.37 bits per heavy atom. The van der Waals surface area contributed by atoms with Gasteiger partial charge in [-0.25, -0.2) is 4.52 Å². The number of rotatable bonds is 2. The summed E-state index contributed by atoms with van der Waals surface area (Å²) in [4.78, 5) is 12.2. The van der Waals surface area contributed by atoms with Crippen LogP contribution in [-0.2, 0) is 0 Å². The third-order valence-electron chi connectivity index (χ3n) is 3.35. The number of nitrogens with one attached hydrogen (secondary N) is 2. The summed E-state index contributed by atoms with van der Waals surface area (Å²) in [6.07, 6.45) is 5.46. The quantitative estimate of drug-likeness (QED) is 0.870. The summed E-state index contributed by atoms with van der Waals surface area (Å²) in [6.45, 7) is 1.94. The molecule has 1 amide bonds. The fourth-order valence-corrected chi connectivity index (χ4v) is 2.34. The second-order valence-electron chi connectivity index (χ2n) is 4.59. The standard InChI is InChI=1S/C13H16N4O.ClH/c18-13(16-10-4-6-14-7-5-10)11-9-15-17-8-2-1-3-12(11)17;/h1-3,8-10,14H,4-7H2,(H,16,18);1H. The van der Waals surface area contributed by atoms with Crippen molar-refractivity contribution in [3.63, 3.8) is 0 Å². The van der Waals surface area contributed by atoms with Crippen LogP contribution in [0.1, 0.15) is 23.2 Å². The van der Waals surface area contributed by atoms with E-state index in [4.69, 9.17) is 0 Å². The molecular weight excluding hydrogens is 264 g/mol. The number of amides is 1. The van der Waals surface area contributed by atoms with E-state index < -0.39 is 0 Å². The van der Waals surface area contributed by atoms with Gasteiger partial charge in [-0.3, -0.25) is 4.79 Å². The average molecular weight is 281 g/mol. The first-order chi connectivity index (χ1) is 8.84. The number of pyridine rings is 1. The molecule has 1 saturated heterocycles. The Kier molecular flexibility index (Phi) is 4.39. The molecule has 1 aliphatic heterocycles. The molecule has 0 aliphatic carbocycles. The predicted molar refractivity (Wildman–Crippen MR) is 75.8 cm³/mol. The van der Waals surface area contributed by atoms with Crippen molar-refractivity contribution in [3.8, 4) is 0 Å². The lowest BCUT2D eigenvalue weighted by Crippen LogP contribution is -2.42. The Hall–Kier alpha value is -1.59. The van der Waals surface area contributed by atoms with E-state index in [1.54, 1.807) is 10.7 Å². The molecule has 0 unspecified atom stereocenters. The molecule has 1 aliphatic rings. The van der Waals surface area contributed by atoms with Crippen LogP contribution in [0.15, 0.2) is 30.6 Å². The van der Waals surface area contributed by atoms with Crippen LogP contribution < -0.4 is 10.6 Å². The number of carbonyl (C=O) groups is 1. The molecule has 2 N–H and O–H groups in total. The van der Waals surface area contributed by atoms with Crippen LogP contribution in [0.2, 0.25) is 0 Å². The van der Waals surface area contributed by atoms with Gasteiger partial charge in [-0.1, -0.05) is 6.07 Å². The van der Waals surface area contributed by atoms with Crippen molar-refractivity contribution in [2.75, 3.05) is 13.1 Å². The van der Waals surface area contributed by atoms with Crippen LogP contribution in [0.5, 0.6) is 0 Å². The minimum absolute atomic E-state index is 0. The number of hydrogen-bond donors (Lipinski definition) is 2. The molecular formula is C13H17ClN4O. The number of carbonyl (C=O) groups excluding carboxylic acids is 1. The van der Waals surface area contributed by atoms with E-state index in [9.17, 15) is 4.79 Å². The molecule has 5 nitrogen and oxygen atoms in total. The highest BCUT2D eigenvalue weighted by Gasteiger charge is 2.18. The van der Waals surface area contributed by atoms with Crippen LogP contribution in [0.3, 0.4) is 0 Å². The Balaban J connectivity index is 0.00000133. The lowest BCUT2D eigenvalue weighted by atomic mass is 10.1. The van der Waals surface area contributed by atoms with Crippen molar-refractivity contribution in [1.29, 1.82) is 0 Å². The van der Waals surface area contributed by atoms with Crippen molar-refractivity contribution in [2.45, 2.75) is 18.9 Å². The van der Waals surface area contributed by atoms with Gasteiger partial charge in [0.25, 0.3) is 5.91 Å². The van der Waals surface area contributed by atoms with Gasteiger partial charge in [0.05, 0.1) is 17.3 Å². The Morgan fingerprint density at radius 3 is 2.95 bits per heavy atom. The summed E-state index contributed by atoms with van der Waals surface area (Å²) in [7, 11) is 0. The number of halogens is 1. The van der Waals surface area contributed by atoms with Crippen LogP contribution in [0.25, 0.3) is 5.52 Å². The van der Waals surface area contributed by atoms with Gasteiger partial charge < -0.3 is 10.6 Å². The Morgan fingerprint density at radius 2 is 2.16 bits per heavy atom. The third-order valence-corrected chi connectivity index (χ3v) is 3.35. The second-order valence-corrected chi connectivity index (χ2v) is 4.59. The highest BCUT2D eigenvalue weighted by molar-refractivity contribution is 6.00. The van der Waals surface area contributed by atoms with Gasteiger partial charge in [0.2, 0.25) is 0 Å². The van der Waals surface area contributed by atoms with E-state index in [1.807, 2.05) is 24.4 Å². The van der Waals surface area contributed by atoms with Gasteiger partial charge in [-0.2, -0.15) is 5.10 Å². The molecule has 3 rings (SSSR count). The van der Waals surface area contributed by atoms with E-state index in [2.05, 4.69) is 15.7 Å². The number of piperidine rings is 1. The molecule has 6 heteroatoms. The highest BCUT2D eigenvalue weighted by Crippen LogP contribution is 2.11. The molecule has 1 fully saturated rings. The summed E-state index contributed by atoms with van der Waals surface area (Å²) in [6, 6.07) is 5.99. The molecule has 0 spiro atoms. The smallest absolute Gasteiger partial charge is 0.255 e. The van der Waals surface area contributed by atoms with Gasteiger partial charge >= 0.3 is 0 Å². The molecule has 0 aromatic carbocycles. The molecule has 2 aromatic heterocycles. The lowest BCUT2D eigenvalue weighted by molar-refractivity contribution is 0.0931. The van der Waals surface area contributed by atoms with Gasteiger partial charge in [0.15, 0.2) is 0 Å². The summed E-state index contributed by atoms with van der Waals surface area (Å²) >= 11 is 0. The first-order valence-corrected chi connectivity index (χ1v) is 6.28. The van der Waals surface area contributed by atoms with E-state index in [0.29, 0.717) is 5.56 Å². The van der Waals surface area contributed by atoms with Crippen molar-refractivity contribution < 1.29 is 4.79 Å². The zero-order chi connectivity index (χ0) is 12.4. The topological polar surface area (TPSA) is 58.4 Å². The molecule has 102 valence electrons. The van der Waals surface area contributed by atoms with E-state index in [1.165, 1.54) is 0 Å². The number of hydrogen-bond acceptors (Lipinski definition) is 3. The minimum Gasteiger partial charge on any atom is -0.349 e. The largest absolute Gasteiger partial charge is 0.349 e. The lowest BCUT2D eigenvalue weighted by Gasteiger charge is -2.23. The maximum atomic E-state index is 12.2. The minimum atomic E-state index is -0.0249. The number of aromatic nitrogens is 2. The first-order valence-electron chi connectivity index (χ1n) is 6.28. The van der Waals surface area contributed by atoms with E-state index in [-0.39, 0.29) is 24.4 Å². The molecule has 3 heterocycles. The normalized spacial score (nSPS) is 16.0. The highest BCUT2D eigenvalue weighted by atomic mass is 35.5. The van der Waals surface area contributed by atoms with Gasteiger partial charge in [0, 0.05) is 12.2 Å². The average Bonchev–Trinajstić information content (AvgIpc) is 2.84. The van der Waals surface area contributed by atoms with Crippen molar-refractivity contribution in [2.24, 2.45) is 0 Å².